The van der Waals surface area contributed by atoms with E-state index in [9.17, 15) is 14.4 Å². The van der Waals surface area contributed by atoms with Gasteiger partial charge in [0, 0.05) is 4.88 Å². The molecular formula is C21H22N2O5S. The van der Waals surface area contributed by atoms with Gasteiger partial charge in [-0.3, -0.25) is 14.5 Å². The largest absolute Gasteiger partial charge is 0.482 e. The number of fused-ring (bicyclic) bond motifs is 2. The van der Waals surface area contributed by atoms with Crippen molar-refractivity contribution in [2.45, 2.75) is 32.6 Å². The van der Waals surface area contributed by atoms with Crippen molar-refractivity contribution in [3.63, 3.8) is 0 Å². The zero-order chi connectivity index (χ0) is 20.4. The van der Waals surface area contributed by atoms with E-state index >= 15 is 0 Å². The monoisotopic (exact) mass is 414 g/mol. The number of esters is 1. The van der Waals surface area contributed by atoms with Crippen LogP contribution in [-0.4, -0.2) is 37.5 Å². The molecule has 2 heterocycles. The number of nitrogens with zero attached hydrogens (tertiary/aromatic N) is 1. The molecule has 1 aromatic carbocycles. The Morgan fingerprint density at radius 1 is 1.24 bits per heavy atom. The standard InChI is InChI=1S/C21H22N2O5S/c1-2-27-21(26)19-13-7-3-6-10-16(13)29-20(19)22-17(24)11-23-14-8-4-5-9-15(14)28-12-18(23)25/h4-5,8-9H,2-3,6-7,10-12H2,1H3,(H,22,24). The lowest BCUT2D eigenvalue weighted by atomic mass is 9.95. The Hall–Kier alpha value is -2.87. The molecule has 4 rings (SSSR count). The van der Waals surface area contributed by atoms with E-state index < -0.39 is 5.97 Å². The van der Waals surface area contributed by atoms with Crippen molar-refractivity contribution in [2.24, 2.45) is 0 Å². The number of hydrogen-bond acceptors (Lipinski definition) is 6. The SMILES string of the molecule is CCOC(=O)c1c(NC(=O)CN2C(=O)COc3ccccc32)sc2c1CCCC2. The van der Waals surface area contributed by atoms with E-state index in [0.29, 0.717) is 22.0 Å². The van der Waals surface area contributed by atoms with Gasteiger partial charge < -0.3 is 14.8 Å². The molecule has 0 atom stereocenters. The Kier molecular flexibility index (Phi) is 5.53. The van der Waals surface area contributed by atoms with Crippen molar-refractivity contribution >= 4 is 39.8 Å². The van der Waals surface area contributed by atoms with Gasteiger partial charge in [-0.05, 0) is 50.3 Å². The van der Waals surface area contributed by atoms with Gasteiger partial charge in [0.2, 0.25) is 5.91 Å². The van der Waals surface area contributed by atoms with Gasteiger partial charge in [0.25, 0.3) is 5.91 Å². The summed E-state index contributed by atoms with van der Waals surface area (Å²) in [6.45, 7) is 1.78. The predicted molar refractivity (Wildman–Crippen MR) is 110 cm³/mol. The summed E-state index contributed by atoms with van der Waals surface area (Å²) in [5.41, 5.74) is 2.02. The second kappa shape index (κ2) is 8.24. The molecule has 1 aliphatic heterocycles. The van der Waals surface area contributed by atoms with Crippen LogP contribution in [0.25, 0.3) is 0 Å². The number of nitrogens with one attached hydrogen (secondary N) is 1. The summed E-state index contributed by atoms with van der Waals surface area (Å²) < 4.78 is 10.6. The highest BCUT2D eigenvalue weighted by atomic mass is 32.1. The Morgan fingerprint density at radius 3 is 2.86 bits per heavy atom. The van der Waals surface area contributed by atoms with Gasteiger partial charge in [-0.25, -0.2) is 4.79 Å². The van der Waals surface area contributed by atoms with Crippen LogP contribution in [0.15, 0.2) is 24.3 Å². The lowest BCUT2D eigenvalue weighted by Crippen LogP contribution is -2.43. The fraction of sp³-hybridized carbons (Fsp3) is 0.381. The summed E-state index contributed by atoms with van der Waals surface area (Å²) in [6.07, 6.45) is 3.80. The molecule has 0 bridgehead atoms. The summed E-state index contributed by atoms with van der Waals surface area (Å²) in [5.74, 6) is -0.483. The third kappa shape index (κ3) is 3.85. The van der Waals surface area contributed by atoms with Crippen molar-refractivity contribution in [1.82, 2.24) is 0 Å². The maximum Gasteiger partial charge on any atom is 0.341 e. The van der Waals surface area contributed by atoms with Crippen molar-refractivity contribution in [2.75, 3.05) is 30.0 Å². The second-order valence-electron chi connectivity index (χ2n) is 6.92. The maximum atomic E-state index is 12.8. The summed E-state index contributed by atoms with van der Waals surface area (Å²) in [5, 5.41) is 3.36. The highest BCUT2D eigenvalue weighted by Gasteiger charge is 2.30. The molecule has 8 heteroatoms. The van der Waals surface area contributed by atoms with Crippen molar-refractivity contribution < 1.29 is 23.9 Å². The molecule has 0 saturated carbocycles. The van der Waals surface area contributed by atoms with E-state index in [2.05, 4.69) is 5.32 Å². The van der Waals surface area contributed by atoms with Crippen LogP contribution in [0.2, 0.25) is 0 Å². The Labute approximate surface area is 172 Å². The number of carbonyl (C=O) groups excluding carboxylic acids is 3. The van der Waals surface area contributed by atoms with Gasteiger partial charge in [-0.15, -0.1) is 11.3 Å². The third-order valence-corrected chi connectivity index (χ3v) is 6.22. The molecule has 0 fully saturated rings. The molecule has 1 aliphatic carbocycles. The van der Waals surface area contributed by atoms with E-state index in [-0.39, 0.29) is 31.6 Å². The number of thiophene rings is 1. The molecule has 0 saturated heterocycles. The first-order valence-electron chi connectivity index (χ1n) is 9.72. The van der Waals surface area contributed by atoms with Gasteiger partial charge in [0.1, 0.15) is 17.3 Å². The van der Waals surface area contributed by atoms with Gasteiger partial charge in [-0.2, -0.15) is 0 Å². The van der Waals surface area contributed by atoms with Crippen LogP contribution in [-0.2, 0) is 27.2 Å². The summed E-state index contributed by atoms with van der Waals surface area (Å²) in [7, 11) is 0. The van der Waals surface area contributed by atoms with E-state index in [0.717, 1.165) is 36.1 Å². The number of para-hydroxylation sites is 2. The number of carbonyl (C=O) groups is 3. The number of amides is 2. The molecule has 0 unspecified atom stereocenters. The van der Waals surface area contributed by atoms with Crippen molar-refractivity contribution in [1.29, 1.82) is 0 Å². The average molecular weight is 414 g/mol. The molecule has 7 nitrogen and oxygen atoms in total. The van der Waals surface area contributed by atoms with Gasteiger partial charge in [-0.1, -0.05) is 12.1 Å². The molecule has 2 aliphatic rings. The molecule has 29 heavy (non-hydrogen) atoms. The molecule has 2 amide bonds. The Bertz CT molecular complexity index is 968. The molecule has 0 spiro atoms. The minimum absolute atomic E-state index is 0.105. The lowest BCUT2D eigenvalue weighted by molar-refractivity contribution is -0.123. The smallest absolute Gasteiger partial charge is 0.341 e. The van der Waals surface area contributed by atoms with E-state index in [1.165, 1.54) is 16.2 Å². The number of hydrogen-bond donors (Lipinski definition) is 1. The van der Waals surface area contributed by atoms with Crippen LogP contribution in [0.1, 0.15) is 40.6 Å². The summed E-state index contributed by atoms with van der Waals surface area (Å²) in [4.78, 5) is 40.2. The number of aryl methyl sites for hydroxylation is 1. The Morgan fingerprint density at radius 2 is 2.03 bits per heavy atom. The van der Waals surface area contributed by atoms with Crippen LogP contribution < -0.4 is 15.0 Å². The topological polar surface area (TPSA) is 84.9 Å². The first kappa shape index (κ1) is 19.4. The maximum absolute atomic E-state index is 12.8. The number of rotatable bonds is 5. The molecule has 1 aromatic heterocycles. The molecule has 2 aromatic rings. The second-order valence-corrected chi connectivity index (χ2v) is 8.03. The zero-order valence-corrected chi connectivity index (χ0v) is 17.0. The van der Waals surface area contributed by atoms with Crippen LogP contribution in [0.3, 0.4) is 0 Å². The van der Waals surface area contributed by atoms with E-state index in [1.807, 2.05) is 6.07 Å². The van der Waals surface area contributed by atoms with Gasteiger partial charge in [0.05, 0.1) is 17.9 Å². The van der Waals surface area contributed by atoms with Gasteiger partial charge in [0.15, 0.2) is 6.61 Å². The molecule has 152 valence electrons. The fourth-order valence-electron chi connectivity index (χ4n) is 3.71. The Balaban J connectivity index is 1.57. The third-order valence-electron chi connectivity index (χ3n) is 5.01. The lowest BCUT2D eigenvalue weighted by Gasteiger charge is -2.28. The van der Waals surface area contributed by atoms with Crippen LogP contribution in [0.4, 0.5) is 10.7 Å². The van der Waals surface area contributed by atoms with Crippen molar-refractivity contribution in [3.8, 4) is 5.75 Å². The molecular weight excluding hydrogens is 392 g/mol. The van der Waals surface area contributed by atoms with Crippen LogP contribution >= 0.6 is 11.3 Å². The minimum atomic E-state index is -0.407. The number of ether oxygens (including phenoxy) is 2. The normalized spacial score (nSPS) is 15.2. The highest BCUT2D eigenvalue weighted by Crippen LogP contribution is 2.39. The number of benzene rings is 1. The van der Waals surface area contributed by atoms with Crippen molar-refractivity contribution in [3.05, 3.63) is 40.3 Å². The number of anilines is 2. The highest BCUT2D eigenvalue weighted by molar-refractivity contribution is 7.17. The first-order valence-corrected chi connectivity index (χ1v) is 10.5. The summed E-state index contributed by atoms with van der Waals surface area (Å²) >= 11 is 1.43. The van der Waals surface area contributed by atoms with E-state index in [4.69, 9.17) is 9.47 Å². The first-order chi connectivity index (χ1) is 14.1. The molecule has 0 radical (unpaired) electrons. The summed E-state index contributed by atoms with van der Waals surface area (Å²) in [6, 6.07) is 7.11. The fourth-order valence-corrected chi connectivity index (χ4v) is 5.00. The predicted octanol–water partition coefficient (Wildman–Crippen LogP) is 3.17. The minimum Gasteiger partial charge on any atom is -0.482 e. The van der Waals surface area contributed by atoms with Gasteiger partial charge >= 0.3 is 5.97 Å². The quantitative estimate of drug-likeness (QED) is 0.760. The van der Waals surface area contributed by atoms with Crippen LogP contribution in [0, 0.1) is 0 Å². The van der Waals surface area contributed by atoms with Crippen LogP contribution in [0.5, 0.6) is 5.75 Å². The molecule has 1 N–H and O–H groups in total. The average Bonchev–Trinajstić information content (AvgIpc) is 3.08. The zero-order valence-electron chi connectivity index (χ0n) is 16.2. The van der Waals surface area contributed by atoms with E-state index in [1.54, 1.807) is 25.1 Å².